The van der Waals surface area contributed by atoms with Crippen LogP contribution in [0, 0.1) is 0 Å². The van der Waals surface area contributed by atoms with Crippen LogP contribution in [-0.4, -0.2) is 21.5 Å². The summed E-state index contributed by atoms with van der Waals surface area (Å²) in [7, 11) is 0. The molecular formula is C11H16ClN3OS. The molecule has 1 N–H and O–H groups in total. The monoisotopic (exact) mass is 273 g/mol. The number of rotatable bonds is 3. The highest BCUT2D eigenvalue weighted by Gasteiger charge is 2.20. The second kappa shape index (κ2) is 5.78. The van der Waals surface area contributed by atoms with Crippen LogP contribution in [0.3, 0.4) is 0 Å². The van der Waals surface area contributed by atoms with Crippen molar-refractivity contribution in [2.45, 2.75) is 50.3 Å². The Morgan fingerprint density at radius 3 is 2.76 bits per heavy atom. The summed E-state index contributed by atoms with van der Waals surface area (Å²) in [5.41, 5.74) is 0. The molecule has 1 aliphatic carbocycles. The second-order valence-corrected chi connectivity index (χ2v) is 6.05. The van der Waals surface area contributed by atoms with E-state index in [-0.39, 0.29) is 5.91 Å². The minimum absolute atomic E-state index is 0.224. The third-order valence-electron chi connectivity index (χ3n) is 2.99. The summed E-state index contributed by atoms with van der Waals surface area (Å²) in [5.74, 6) is 0.304. The molecule has 0 spiro atoms. The van der Waals surface area contributed by atoms with Gasteiger partial charge >= 0.3 is 0 Å². The van der Waals surface area contributed by atoms with Crippen molar-refractivity contribution in [3.8, 4) is 0 Å². The maximum Gasteiger partial charge on any atom is 0.243 e. The standard InChI is InChI=1S/C11H16ClN3OS/c1-7(12)9(16)13-11-15-14-10(17-11)8-5-3-2-4-6-8/h7-8H,2-6H2,1H3,(H,13,15,16)/t7-/m1/s1. The lowest BCUT2D eigenvalue weighted by atomic mass is 9.90. The third kappa shape index (κ3) is 3.39. The molecule has 1 saturated carbocycles. The van der Waals surface area contributed by atoms with Gasteiger partial charge in [-0.25, -0.2) is 0 Å². The molecule has 0 aromatic carbocycles. The van der Waals surface area contributed by atoms with Crippen LogP contribution in [0.4, 0.5) is 5.13 Å². The van der Waals surface area contributed by atoms with Crippen molar-refractivity contribution in [2.75, 3.05) is 5.32 Å². The van der Waals surface area contributed by atoms with E-state index in [1.165, 1.54) is 43.4 Å². The molecule has 0 bridgehead atoms. The minimum Gasteiger partial charge on any atom is -0.299 e. The van der Waals surface area contributed by atoms with Crippen molar-refractivity contribution in [3.05, 3.63) is 5.01 Å². The fourth-order valence-corrected chi connectivity index (χ4v) is 2.97. The van der Waals surface area contributed by atoms with Crippen molar-refractivity contribution in [2.24, 2.45) is 0 Å². The van der Waals surface area contributed by atoms with Crippen LogP contribution in [0.15, 0.2) is 0 Å². The molecule has 1 atom stereocenters. The van der Waals surface area contributed by atoms with Crippen molar-refractivity contribution in [3.63, 3.8) is 0 Å². The van der Waals surface area contributed by atoms with Gasteiger partial charge in [0.2, 0.25) is 11.0 Å². The van der Waals surface area contributed by atoms with Crippen LogP contribution >= 0.6 is 22.9 Å². The van der Waals surface area contributed by atoms with Gasteiger partial charge in [0.15, 0.2) is 0 Å². The molecule has 4 nitrogen and oxygen atoms in total. The molecular weight excluding hydrogens is 258 g/mol. The van der Waals surface area contributed by atoms with E-state index in [4.69, 9.17) is 11.6 Å². The molecule has 1 amide bonds. The molecule has 1 heterocycles. The first-order valence-corrected chi connectivity index (χ1v) is 7.20. The molecule has 1 aliphatic rings. The van der Waals surface area contributed by atoms with Crippen molar-refractivity contribution >= 4 is 34.0 Å². The number of halogens is 1. The number of hydrogen-bond acceptors (Lipinski definition) is 4. The predicted octanol–water partition coefficient (Wildman–Crippen LogP) is 3.15. The lowest BCUT2D eigenvalue weighted by molar-refractivity contribution is -0.115. The van der Waals surface area contributed by atoms with Gasteiger partial charge in [0, 0.05) is 5.92 Å². The molecule has 94 valence electrons. The highest BCUT2D eigenvalue weighted by molar-refractivity contribution is 7.15. The molecule has 0 radical (unpaired) electrons. The molecule has 6 heteroatoms. The zero-order valence-electron chi connectivity index (χ0n) is 9.78. The average Bonchev–Trinajstić information content (AvgIpc) is 2.78. The fraction of sp³-hybridized carbons (Fsp3) is 0.727. The van der Waals surface area contributed by atoms with Gasteiger partial charge in [0.25, 0.3) is 0 Å². The third-order valence-corrected chi connectivity index (χ3v) is 4.19. The summed E-state index contributed by atoms with van der Waals surface area (Å²) in [6, 6.07) is 0. The summed E-state index contributed by atoms with van der Waals surface area (Å²) in [6.07, 6.45) is 6.24. The maximum atomic E-state index is 11.4. The van der Waals surface area contributed by atoms with Crippen molar-refractivity contribution in [1.82, 2.24) is 10.2 Å². The Bertz CT molecular complexity index is 388. The number of anilines is 1. The molecule has 0 aliphatic heterocycles. The van der Waals surface area contributed by atoms with Gasteiger partial charge in [-0.3, -0.25) is 10.1 Å². The number of nitrogens with zero attached hydrogens (tertiary/aromatic N) is 2. The van der Waals surface area contributed by atoms with Crippen molar-refractivity contribution < 1.29 is 4.79 Å². The number of hydrogen-bond donors (Lipinski definition) is 1. The smallest absolute Gasteiger partial charge is 0.243 e. The molecule has 1 aromatic rings. The van der Waals surface area contributed by atoms with Gasteiger partial charge in [0.1, 0.15) is 10.4 Å². The lowest BCUT2D eigenvalue weighted by Crippen LogP contribution is -2.20. The highest BCUT2D eigenvalue weighted by atomic mass is 35.5. The Kier molecular flexibility index (Phi) is 4.34. The zero-order valence-corrected chi connectivity index (χ0v) is 11.4. The number of carbonyl (C=O) groups is 1. The lowest BCUT2D eigenvalue weighted by Gasteiger charge is -2.18. The van der Waals surface area contributed by atoms with Gasteiger partial charge in [-0.15, -0.1) is 21.8 Å². The summed E-state index contributed by atoms with van der Waals surface area (Å²) < 4.78 is 0. The molecule has 1 fully saturated rings. The van der Waals surface area contributed by atoms with Crippen LogP contribution in [0.5, 0.6) is 0 Å². The Labute approximate surface area is 110 Å². The molecule has 2 rings (SSSR count). The van der Waals surface area contributed by atoms with E-state index >= 15 is 0 Å². The van der Waals surface area contributed by atoms with E-state index in [0.717, 1.165) is 5.01 Å². The number of aromatic nitrogens is 2. The number of carbonyl (C=O) groups excluding carboxylic acids is 1. The highest BCUT2D eigenvalue weighted by Crippen LogP contribution is 2.35. The quantitative estimate of drug-likeness (QED) is 0.861. The summed E-state index contributed by atoms with van der Waals surface area (Å²) in [5, 5.41) is 11.9. The molecule has 17 heavy (non-hydrogen) atoms. The Morgan fingerprint density at radius 1 is 1.41 bits per heavy atom. The van der Waals surface area contributed by atoms with E-state index in [2.05, 4.69) is 15.5 Å². The van der Waals surface area contributed by atoms with Crippen molar-refractivity contribution in [1.29, 1.82) is 0 Å². The first kappa shape index (κ1) is 12.8. The van der Waals surface area contributed by atoms with Crippen LogP contribution in [-0.2, 0) is 4.79 Å². The molecule has 1 aromatic heterocycles. The van der Waals surface area contributed by atoms with Gasteiger partial charge in [0.05, 0.1) is 0 Å². The Hall–Kier alpha value is -0.680. The second-order valence-electron chi connectivity index (χ2n) is 4.39. The van der Waals surface area contributed by atoms with Gasteiger partial charge < -0.3 is 0 Å². The summed E-state index contributed by atoms with van der Waals surface area (Å²) >= 11 is 7.15. The minimum atomic E-state index is -0.544. The molecule has 0 unspecified atom stereocenters. The fourth-order valence-electron chi connectivity index (χ4n) is 2.00. The largest absolute Gasteiger partial charge is 0.299 e. The first-order valence-electron chi connectivity index (χ1n) is 5.95. The first-order chi connectivity index (χ1) is 8.16. The Morgan fingerprint density at radius 2 is 2.12 bits per heavy atom. The van der Waals surface area contributed by atoms with Crippen LogP contribution < -0.4 is 5.32 Å². The van der Waals surface area contributed by atoms with Crippen LogP contribution in [0.2, 0.25) is 0 Å². The van der Waals surface area contributed by atoms with Crippen LogP contribution in [0.1, 0.15) is 50.0 Å². The maximum absolute atomic E-state index is 11.4. The van der Waals surface area contributed by atoms with Gasteiger partial charge in [-0.1, -0.05) is 30.6 Å². The van der Waals surface area contributed by atoms with E-state index in [9.17, 15) is 4.79 Å². The SMILES string of the molecule is C[C@@H](Cl)C(=O)Nc1nnc(C2CCCCC2)s1. The summed E-state index contributed by atoms with van der Waals surface area (Å²) in [6.45, 7) is 1.64. The number of nitrogens with one attached hydrogen (secondary N) is 1. The summed E-state index contributed by atoms with van der Waals surface area (Å²) in [4.78, 5) is 11.4. The predicted molar refractivity (Wildman–Crippen MR) is 69.7 cm³/mol. The van der Waals surface area contributed by atoms with E-state index in [1.807, 2.05) is 0 Å². The van der Waals surface area contributed by atoms with Crippen LogP contribution in [0.25, 0.3) is 0 Å². The van der Waals surface area contributed by atoms with E-state index < -0.39 is 5.38 Å². The number of amides is 1. The normalized spacial score (nSPS) is 18.9. The zero-order chi connectivity index (χ0) is 12.3. The number of alkyl halides is 1. The van der Waals surface area contributed by atoms with E-state index in [0.29, 0.717) is 11.0 Å². The molecule has 0 saturated heterocycles. The van der Waals surface area contributed by atoms with Gasteiger partial charge in [-0.2, -0.15) is 0 Å². The van der Waals surface area contributed by atoms with E-state index in [1.54, 1.807) is 6.92 Å². The topological polar surface area (TPSA) is 54.9 Å². The average molecular weight is 274 g/mol. The Balaban J connectivity index is 1.97. The van der Waals surface area contributed by atoms with Gasteiger partial charge in [-0.05, 0) is 19.8 Å².